The van der Waals surface area contributed by atoms with Crippen molar-refractivity contribution in [3.05, 3.63) is 55.9 Å². The zero-order valence-electron chi connectivity index (χ0n) is 9.21. The minimum absolute atomic E-state index is 0.345. The monoisotopic (exact) mass is 354 g/mol. The lowest BCUT2D eigenvalue weighted by Crippen LogP contribution is -2.13. The maximum absolute atomic E-state index is 13.0. The molecule has 1 atom stereocenters. The molecule has 0 radical (unpaired) electrons. The first-order chi connectivity index (χ1) is 8.80. The van der Waals surface area contributed by atoms with Crippen LogP contribution in [-0.4, -0.2) is 5.11 Å². The Hall–Kier alpha value is -0.920. The molecule has 0 fully saturated rings. The summed E-state index contributed by atoms with van der Waals surface area (Å²) in [6.45, 7) is 0. The molecule has 0 saturated heterocycles. The van der Waals surface area contributed by atoms with Crippen LogP contribution in [0.2, 0.25) is 0 Å². The van der Waals surface area contributed by atoms with Crippen molar-refractivity contribution < 1.29 is 22.7 Å². The quantitative estimate of drug-likeness (QED) is 0.771. The van der Waals surface area contributed by atoms with Gasteiger partial charge < -0.3 is 5.11 Å². The molecule has 0 saturated carbocycles. The molecule has 19 heavy (non-hydrogen) atoms. The number of halogens is 5. The van der Waals surface area contributed by atoms with E-state index < -0.39 is 23.7 Å². The van der Waals surface area contributed by atoms with Crippen LogP contribution in [0, 0.1) is 5.82 Å². The molecule has 0 bridgehead atoms. The summed E-state index contributed by atoms with van der Waals surface area (Å²) in [6.07, 6.45) is -6.17. The van der Waals surface area contributed by atoms with Gasteiger partial charge in [-0.3, -0.25) is 0 Å². The van der Waals surface area contributed by atoms with Gasteiger partial charge in [0.25, 0.3) is 0 Å². The van der Waals surface area contributed by atoms with Gasteiger partial charge >= 0.3 is 6.18 Å². The molecule has 2 aromatic rings. The van der Waals surface area contributed by atoms with Crippen molar-refractivity contribution in [2.24, 2.45) is 0 Å². The van der Waals surface area contributed by atoms with E-state index in [4.69, 9.17) is 0 Å². The first-order valence-corrected chi connectivity index (χ1v) is 6.75. The van der Waals surface area contributed by atoms with Crippen LogP contribution in [-0.2, 0) is 6.18 Å². The summed E-state index contributed by atoms with van der Waals surface area (Å²) in [5.41, 5.74) is -1.53. The van der Waals surface area contributed by atoms with Crippen molar-refractivity contribution in [2.45, 2.75) is 12.3 Å². The average molecular weight is 355 g/mol. The third-order valence-electron chi connectivity index (χ3n) is 2.51. The van der Waals surface area contributed by atoms with E-state index in [1.54, 1.807) is 11.4 Å². The minimum atomic E-state index is -4.72. The summed E-state index contributed by atoms with van der Waals surface area (Å²) in [7, 11) is 0. The fraction of sp³-hybridized carbons (Fsp3) is 0.167. The predicted molar refractivity (Wildman–Crippen MR) is 67.5 cm³/mol. The molecule has 2 rings (SSSR count). The molecule has 1 aromatic carbocycles. The van der Waals surface area contributed by atoms with Crippen LogP contribution in [0.15, 0.2) is 34.1 Å². The van der Waals surface area contributed by atoms with Crippen molar-refractivity contribution in [1.29, 1.82) is 0 Å². The Morgan fingerprint density at radius 2 is 1.89 bits per heavy atom. The van der Waals surface area contributed by atoms with Crippen LogP contribution in [0.3, 0.4) is 0 Å². The molecule has 7 heteroatoms. The van der Waals surface area contributed by atoms with Crippen molar-refractivity contribution in [2.75, 3.05) is 0 Å². The van der Waals surface area contributed by atoms with Crippen LogP contribution < -0.4 is 0 Å². The number of alkyl halides is 3. The van der Waals surface area contributed by atoms with Gasteiger partial charge in [-0.1, -0.05) is 6.07 Å². The zero-order valence-corrected chi connectivity index (χ0v) is 11.6. The molecule has 0 amide bonds. The van der Waals surface area contributed by atoms with Crippen LogP contribution in [0.4, 0.5) is 17.6 Å². The Morgan fingerprint density at radius 3 is 2.42 bits per heavy atom. The predicted octanol–water partition coefficient (Wildman–Crippen LogP) is 4.75. The van der Waals surface area contributed by atoms with Crippen LogP contribution >= 0.6 is 27.3 Å². The third-order valence-corrected chi connectivity index (χ3v) is 4.43. The smallest absolute Gasteiger partial charge is 0.383 e. The van der Waals surface area contributed by atoms with Gasteiger partial charge in [0.15, 0.2) is 0 Å². The number of aliphatic hydroxyl groups is 1. The first-order valence-electron chi connectivity index (χ1n) is 5.08. The van der Waals surface area contributed by atoms with Crippen LogP contribution in [0.1, 0.15) is 22.1 Å². The fourth-order valence-electron chi connectivity index (χ4n) is 1.65. The standard InChI is InChI=1S/C12H7BrF4OS/c13-9-3-4-19-11(9)10(18)7-2-1-6(14)5-8(7)12(15,16)17/h1-5,10,18H. The van der Waals surface area contributed by atoms with Gasteiger partial charge in [-0.25, -0.2) is 4.39 Å². The van der Waals surface area contributed by atoms with Crippen molar-refractivity contribution >= 4 is 27.3 Å². The fourth-order valence-corrected chi connectivity index (χ4v) is 3.25. The van der Waals surface area contributed by atoms with Crippen LogP contribution in [0.25, 0.3) is 0 Å². The Kier molecular flexibility index (Phi) is 3.98. The molecule has 0 aliphatic carbocycles. The second kappa shape index (κ2) is 5.22. The van der Waals surface area contributed by atoms with Gasteiger partial charge in [0.1, 0.15) is 11.9 Å². The van der Waals surface area contributed by atoms with E-state index >= 15 is 0 Å². The van der Waals surface area contributed by atoms with E-state index in [0.29, 0.717) is 15.4 Å². The van der Waals surface area contributed by atoms with Crippen molar-refractivity contribution in [3.63, 3.8) is 0 Å². The molecule has 0 aliphatic heterocycles. The molecule has 1 nitrogen and oxygen atoms in total. The number of aliphatic hydroxyl groups excluding tert-OH is 1. The Bertz CT molecular complexity index is 594. The molecule has 102 valence electrons. The van der Waals surface area contributed by atoms with E-state index in [1.807, 2.05) is 0 Å². The Labute approximate surface area is 118 Å². The number of rotatable bonds is 2. The normalized spacial score (nSPS) is 13.6. The van der Waals surface area contributed by atoms with E-state index in [9.17, 15) is 22.7 Å². The lowest BCUT2D eigenvalue weighted by Gasteiger charge is -2.17. The second-order valence-corrected chi connectivity index (χ2v) is 5.57. The number of benzene rings is 1. The molecule has 0 spiro atoms. The van der Waals surface area contributed by atoms with Gasteiger partial charge in [0.05, 0.1) is 10.4 Å². The van der Waals surface area contributed by atoms with E-state index in [2.05, 4.69) is 15.9 Å². The molecular formula is C12H7BrF4OS. The highest BCUT2D eigenvalue weighted by molar-refractivity contribution is 9.10. The summed E-state index contributed by atoms with van der Waals surface area (Å²) in [4.78, 5) is 0.345. The largest absolute Gasteiger partial charge is 0.416 e. The molecule has 1 aromatic heterocycles. The Morgan fingerprint density at radius 1 is 1.21 bits per heavy atom. The average Bonchev–Trinajstić information content (AvgIpc) is 2.73. The lowest BCUT2D eigenvalue weighted by atomic mass is 10.0. The first kappa shape index (κ1) is 14.5. The van der Waals surface area contributed by atoms with Crippen molar-refractivity contribution in [3.8, 4) is 0 Å². The highest BCUT2D eigenvalue weighted by atomic mass is 79.9. The third kappa shape index (κ3) is 2.98. The lowest BCUT2D eigenvalue weighted by molar-refractivity contribution is -0.139. The maximum Gasteiger partial charge on any atom is 0.416 e. The summed E-state index contributed by atoms with van der Waals surface area (Å²) in [5, 5.41) is 11.7. The molecule has 1 unspecified atom stereocenters. The van der Waals surface area contributed by atoms with Gasteiger partial charge in [-0.05, 0) is 45.1 Å². The van der Waals surface area contributed by atoms with Crippen LogP contribution in [0.5, 0.6) is 0 Å². The SMILES string of the molecule is OC(c1ccc(F)cc1C(F)(F)F)c1sccc1Br. The molecule has 0 aliphatic rings. The van der Waals surface area contributed by atoms with E-state index in [1.165, 1.54) is 0 Å². The topological polar surface area (TPSA) is 20.2 Å². The van der Waals surface area contributed by atoms with Gasteiger partial charge in [0, 0.05) is 4.47 Å². The molecular weight excluding hydrogens is 348 g/mol. The number of thiophene rings is 1. The summed E-state index contributed by atoms with van der Waals surface area (Å²) in [6, 6.07) is 3.87. The number of hydrogen-bond acceptors (Lipinski definition) is 2. The van der Waals surface area contributed by atoms with E-state index in [0.717, 1.165) is 23.5 Å². The maximum atomic E-state index is 13.0. The zero-order chi connectivity index (χ0) is 14.2. The summed E-state index contributed by atoms with van der Waals surface area (Å²) in [5.74, 6) is -0.992. The second-order valence-electron chi connectivity index (χ2n) is 3.76. The summed E-state index contributed by atoms with van der Waals surface area (Å²) >= 11 is 4.27. The molecule has 1 heterocycles. The highest BCUT2D eigenvalue weighted by Crippen LogP contribution is 2.40. The van der Waals surface area contributed by atoms with Gasteiger partial charge in [-0.2, -0.15) is 13.2 Å². The molecule has 1 N–H and O–H groups in total. The van der Waals surface area contributed by atoms with Gasteiger partial charge in [-0.15, -0.1) is 11.3 Å². The highest BCUT2D eigenvalue weighted by Gasteiger charge is 2.36. The van der Waals surface area contributed by atoms with Crippen molar-refractivity contribution in [1.82, 2.24) is 0 Å². The minimum Gasteiger partial charge on any atom is -0.383 e. The Balaban J connectivity index is 2.54. The van der Waals surface area contributed by atoms with E-state index in [-0.39, 0.29) is 5.56 Å². The number of hydrogen-bond donors (Lipinski definition) is 1. The summed E-state index contributed by atoms with van der Waals surface area (Å²) < 4.78 is 52.0. The van der Waals surface area contributed by atoms with Gasteiger partial charge in [0.2, 0.25) is 0 Å².